The molecular weight excluding hydrogens is 244 g/mol. The van der Waals surface area contributed by atoms with Gasteiger partial charge in [0.1, 0.15) is 0 Å². The van der Waals surface area contributed by atoms with Gasteiger partial charge in [0.25, 0.3) is 0 Å². The maximum Gasteiger partial charge on any atom is 0.218 e. The van der Waals surface area contributed by atoms with Crippen LogP contribution in [0.3, 0.4) is 0 Å². The Kier molecular flexibility index (Phi) is 2.46. The molecule has 0 fully saturated rings. The summed E-state index contributed by atoms with van der Waals surface area (Å²) < 4.78 is 2.21. The molecule has 0 amide bonds. The Morgan fingerprint density at radius 2 is 1.60 bits per heavy atom. The highest BCUT2D eigenvalue weighted by Gasteiger charge is 2.11. The molecule has 20 heavy (non-hydrogen) atoms. The zero-order chi connectivity index (χ0) is 13.4. The van der Waals surface area contributed by atoms with Crippen LogP contribution in [-0.4, -0.2) is 4.98 Å². The van der Waals surface area contributed by atoms with Crippen molar-refractivity contribution in [1.82, 2.24) is 4.98 Å². The van der Waals surface area contributed by atoms with Crippen LogP contribution < -0.4 is 4.57 Å². The highest BCUT2D eigenvalue weighted by Crippen LogP contribution is 2.15. The van der Waals surface area contributed by atoms with Crippen molar-refractivity contribution in [2.45, 2.75) is 0 Å². The first-order chi connectivity index (χ1) is 9.92. The average Bonchev–Trinajstić information content (AvgIpc) is 2.54. The van der Waals surface area contributed by atoms with E-state index in [-0.39, 0.29) is 0 Å². The number of hydrogen-bond donors (Lipinski definition) is 0. The van der Waals surface area contributed by atoms with Gasteiger partial charge in [-0.3, -0.25) is 4.98 Å². The first-order valence-corrected chi connectivity index (χ1v) is 6.66. The van der Waals surface area contributed by atoms with E-state index in [9.17, 15) is 0 Å². The first-order valence-electron chi connectivity index (χ1n) is 6.66. The van der Waals surface area contributed by atoms with Gasteiger partial charge in [-0.1, -0.05) is 18.2 Å². The molecule has 2 heterocycles. The molecule has 4 aromatic rings. The maximum absolute atomic E-state index is 4.37. The molecule has 0 saturated carbocycles. The zero-order valence-electron chi connectivity index (χ0n) is 10.9. The van der Waals surface area contributed by atoms with Crippen molar-refractivity contribution < 1.29 is 4.57 Å². The van der Waals surface area contributed by atoms with Crippen LogP contribution in [0, 0.1) is 0 Å². The SMILES string of the molecule is c1cnc2ccc(-[n+]3cccc4ccccc43)cc2c1. The fourth-order valence-corrected chi connectivity index (χ4v) is 2.60. The molecule has 0 aliphatic rings. The highest BCUT2D eigenvalue weighted by molar-refractivity contribution is 5.80. The van der Waals surface area contributed by atoms with Gasteiger partial charge in [-0.2, -0.15) is 4.57 Å². The van der Waals surface area contributed by atoms with Crippen molar-refractivity contribution in [3.05, 3.63) is 79.1 Å². The lowest BCUT2D eigenvalue weighted by molar-refractivity contribution is -0.567. The van der Waals surface area contributed by atoms with Crippen LogP contribution in [0.4, 0.5) is 0 Å². The van der Waals surface area contributed by atoms with E-state index in [0.717, 1.165) is 16.6 Å². The maximum atomic E-state index is 4.37. The van der Waals surface area contributed by atoms with Crippen molar-refractivity contribution in [3.8, 4) is 5.69 Å². The monoisotopic (exact) mass is 257 g/mol. The lowest BCUT2D eigenvalue weighted by atomic mass is 10.1. The topological polar surface area (TPSA) is 16.8 Å². The van der Waals surface area contributed by atoms with Gasteiger partial charge < -0.3 is 0 Å². The van der Waals surface area contributed by atoms with Crippen LogP contribution in [0.1, 0.15) is 0 Å². The molecule has 94 valence electrons. The fraction of sp³-hybridized carbons (Fsp3) is 0. The van der Waals surface area contributed by atoms with Crippen LogP contribution in [-0.2, 0) is 0 Å². The lowest BCUT2D eigenvalue weighted by Gasteiger charge is -2.02. The third kappa shape index (κ3) is 1.74. The third-order valence-corrected chi connectivity index (χ3v) is 3.57. The van der Waals surface area contributed by atoms with Crippen LogP contribution in [0.15, 0.2) is 79.1 Å². The molecule has 0 bridgehead atoms. The van der Waals surface area contributed by atoms with Crippen molar-refractivity contribution in [1.29, 1.82) is 0 Å². The minimum absolute atomic E-state index is 1.03. The number of rotatable bonds is 1. The molecule has 4 rings (SSSR count). The van der Waals surface area contributed by atoms with E-state index in [4.69, 9.17) is 0 Å². The molecule has 2 aromatic carbocycles. The Morgan fingerprint density at radius 3 is 2.60 bits per heavy atom. The molecule has 0 aliphatic carbocycles. The summed E-state index contributed by atoms with van der Waals surface area (Å²) in [5, 5.41) is 2.40. The van der Waals surface area contributed by atoms with Crippen LogP contribution in [0.5, 0.6) is 0 Å². The second kappa shape index (κ2) is 4.42. The summed E-state index contributed by atoms with van der Waals surface area (Å²) in [6, 6.07) is 23.0. The summed E-state index contributed by atoms with van der Waals surface area (Å²) in [7, 11) is 0. The predicted molar refractivity (Wildman–Crippen MR) is 80.8 cm³/mol. The molecule has 0 radical (unpaired) electrons. The van der Waals surface area contributed by atoms with Gasteiger partial charge in [0.05, 0.1) is 5.52 Å². The van der Waals surface area contributed by atoms with E-state index in [1.54, 1.807) is 0 Å². The van der Waals surface area contributed by atoms with Crippen LogP contribution in [0.2, 0.25) is 0 Å². The second-order valence-corrected chi connectivity index (χ2v) is 4.82. The van der Waals surface area contributed by atoms with Crippen molar-refractivity contribution in [2.24, 2.45) is 0 Å². The van der Waals surface area contributed by atoms with Gasteiger partial charge in [-0.25, -0.2) is 0 Å². The van der Waals surface area contributed by atoms with Gasteiger partial charge in [0, 0.05) is 41.2 Å². The molecular formula is C18H13N2+. The zero-order valence-corrected chi connectivity index (χ0v) is 10.9. The molecule has 2 nitrogen and oxygen atoms in total. The van der Waals surface area contributed by atoms with Crippen LogP contribution >= 0.6 is 0 Å². The quantitative estimate of drug-likeness (QED) is 0.475. The molecule has 0 N–H and O–H groups in total. The van der Waals surface area contributed by atoms with Crippen molar-refractivity contribution in [2.75, 3.05) is 0 Å². The smallest absolute Gasteiger partial charge is 0.218 e. The predicted octanol–water partition coefficient (Wildman–Crippen LogP) is 3.66. The number of nitrogens with zero attached hydrogens (tertiary/aromatic N) is 2. The van der Waals surface area contributed by atoms with Crippen LogP contribution in [0.25, 0.3) is 27.5 Å². The van der Waals surface area contributed by atoms with Gasteiger partial charge >= 0.3 is 0 Å². The number of fused-ring (bicyclic) bond motifs is 2. The van der Waals surface area contributed by atoms with Crippen molar-refractivity contribution >= 4 is 21.8 Å². The first kappa shape index (κ1) is 11.1. The standard InChI is InChI=1S/C18H13N2/c1-2-8-18-14(5-1)7-4-12-20(18)16-9-10-17-15(13-16)6-3-11-19-17/h1-13H/q+1. The molecule has 2 aromatic heterocycles. The van der Waals surface area contributed by atoms with Crippen molar-refractivity contribution in [3.63, 3.8) is 0 Å². The number of para-hydroxylation sites is 1. The van der Waals surface area contributed by atoms with Gasteiger partial charge in [-0.15, -0.1) is 0 Å². The molecule has 0 saturated heterocycles. The Labute approximate surface area is 117 Å². The highest BCUT2D eigenvalue weighted by atomic mass is 15.0. The summed E-state index contributed by atoms with van der Waals surface area (Å²) in [5.74, 6) is 0. The number of pyridine rings is 2. The van der Waals surface area contributed by atoms with E-state index in [2.05, 4.69) is 76.4 Å². The summed E-state index contributed by atoms with van der Waals surface area (Å²) >= 11 is 0. The molecule has 0 atom stereocenters. The summed E-state index contributed by atoms with van der Waals surface area (Å²) in [6.07, 6.45) is 3.92. The van der Waals surface area contributed by atoms with E-state index in [1.807, 2.05) is 12.3 Å². The van der Waals surface area contributed by atoms with E-state index >= 15 is 0 Å². The fourth-order valence-electron chi connectivity index (χ4n) is 2.60. The normalized spacial score (nSPS) is 11.0. The Bertz CT molecular complexity index is 908. The molecule has 0 spiro atoms. The largest absolute Gasteiger partial charge is 0.256 e. The van der Waals surface area contributed by atoms with E-state index in [0.29, 0.717) is 0 Å². The van der Waals surface area contributed by atoms with Gasteiger partial charge in [-0.05, 0) is 24.3 Å². The third-order valence-electron chi connectivity index (χ3n) is 3.57. The van der Waals surface area contributed by atoms with Gasteiger partial charge in [0.15, 0.2) is 6.20 Å². The molecule has 2 heteroatoms. The van der Waals surface area contributed by atoms with E-state index in [1.165, 1.54) is 10.9 Å². The number of hydrogen-bond acceptors (Lipinski definition) is 1. The average molecular weight is 257 g/mol. The minimum Gasteiger partial charge on any atom is -0.256 e. The lowest BCUT2D eigenvalue weighted by Crippen LogP contribution is -2.30. The summed E-state index contributed by atoms with van der Waals surface area (Å²) in [6.45, 7) is 0. The Morgan fingerprint density at radius 1 is 0.750 bits per heavy atom. The molecule has 0 unspecified atom stereocenters. The Hall–Kier alpha value is -2.74. The summed E-state index contributed by atoms with van der Waals surface area (Å²) in [4.78, 5) is 4.37. The number of benzene rings is 2. The van der Waals surface area contributed by atoms with E-state index < -0.39 is 0 Å². The molecule has 0 aliphatic heterocycles. The Balaban J connectivity index is 2.01. The second-order valence-electron chi connectivity index (χ2n) is 4.82. The number of aromatic nitrogens is 2. The minimum atomic E-state index is 1.03. The summed E-state index contributed by atoms with van der Waals surface area (Å²) in [5.41, 5.74) is 3.39. The van der Waals surface area contributed by atoms with Gasteiger partial charge in [0.2, 0.25) is 11.2 Å².